The lowest BCUT2D eigenvalue weighted by molar-refractivity contribution is 0.224. The fourth-order valence-electron chi connectivity index (χ4n) is 1.44. The van der Waals surface area contributed by atoms with Crippen LogP contribution in [0.1, 0.15) is 46.5 Å². The average Bonchev–Trinajstić information content (AvgIpc) is 2.25. The molecule has 0 aliphatic rings. The zero-order valence-electron chi connectivity index (χ0n) is 10.0. The highest BCUT2D eigenvalue weighted by molar-refractivity contribution is 5.74. The number of hydrogen-bond acceptors (Lipinski definition) is 2. The first kappa shape index (κ1) is 14.2. The molecule has 3 N–H and O–H groups in total. The first-order valence-corrected chi connectivity index (χ1v) is 5.85. The van der Waals surface area contributed by atoms with Crippen LogP contribution in [0.15, 0.2) is 0 Å². The van der Waals surface area contributed by atoms with Gasteiger partial charge in [-0.05, 0) is 25.7 Å². The zero-order valence-corrected chi connectivity index (χ0v) is 10.0. The second-order valence-corrected chi connectivity index (χ2v) is 3.75. The molecule has 0 radical (unpaired) electrons. The Balaban J connectivity index is 3.88. The van der Waals surface area contributed by atoms with E-state index in [9.17, 15) is 4.79 Å². The van der Waals surface area contributed by atoms with Gasteiger partial charge in [-0.1, -0.05) is 20.8 Å². The zero-order chi connectivity index (χ0) is 11.7. The molecule has 0 aliphatic heterocycles. The molecule has 0 saturated heterocycles. The number of aliphatic hydroxyl groups is 1. The first-order valence-electron chi connectivity index (χ1n) is 5.85. The fraction of sp³-hybridized carbons (Fsp3) is 0.909. The molecule has 4 nitrogen and oxygen atoms in total. The van der Waals surface area contributed by atoms with Crippen molar-refractivity contribution in [2.24, 2.45) is 0 Å². The molecule has 0 aliphatic carbocycles. The third-order valence-corrected chi connectivity index (χ3v) is 2.63. The molecule has 1 atom stereocenters. The van der Waals surface area contributed by atoms with E-state index in [1.165, 1.54) is 0 Å². The summed E-state index contributed by atoms with van der Waals surface area (Å²) in [6.45, 7) is 6.22. The second-order valence-electron chi connectivity index (χ2n) is 3.75. The Bertz CT molecular complexity index is 170. The summed E-state index contributed by atoms with van der Waals surface area (Å²) >= 11 is 0. The van der Waals surface area contributed by atoms with Crippen LogP contribution in [0.2, 0.25) is 0 Å². The highest BCUT2D eigenvalue weighted by Gasteiger charge is 2.12. The third kappa shape index (κ3) is 6.33. The quantitative estimate of drug-likeness (QED) is 0.606. The Kier molecular flexibility index (Phi) is 8.09. The van der Waals surface area contributed by atoms with Crippen LogP contribution in [-0.4, -0.2) is 29.8 Å². The summed E-state index contributed by atoms with van der Waals surface area (Å²) < 4.78 is 0. The molecule has 15 heavy (non-hydrogen) atoms. The summed E-state index contributed by atoms with van der Waals surface area (Å²) in [5.74, 6) is 0. The number of hydrogen-bond donors (Lipinski definition) is 3. The van der Waals surface area contributed by atoms with Crippen molar-refractivity contribution in [3.05, 3.63) is 0 Å². The van der Waals surface area contributed by atoms with Crippen molar-refractivity contribution < 1.29 is 9.90 Å². The van der Waals surface area contributed by atoms with Crippen molar-refractivity contribution in [3.63, 3.8) is 0 Å². The summed E-state index contributed by atoms with van der Waals surface area (Å²) in [6, 6.07) is 0.199. The Morgan fingerprint density at radius 2 is 1.53 bits per heavy atom. The van der Waals surface area contributed by atoms with Gasteiger partial charge in [0, 0.05) is 18.7 Å². The van der Waals surface area contributed by atoms with E-state index < -0.39 is 0 Å². The number of amides is 2. The fourth-order valence-corrected chi connectivity index (χ4v) is 1.44. The Morgan fingerprint density at radius 3 is 1.93 bits per heavy atom. The second kappa shape index (κ2) is 8.53. The number of carbonyl (C=O) groups excluding carboxylic acids is 1. The van der Waals surface area contributed by atoms with Crippen molar-refractivity contribution in [1.29, 1.82) is 0 Å². The van der Waals surface area contributed by atoms with Crippen molar-refractivity contribution in [3.8, 4) is 0 Å². The van der Waals surface area contributed by atoms with E-state index in [0.717, 1.165) is 19.3 Å². The number of urea groups is 1. The smallest absolute Gasteiger partial charge is 0.315 e. The maximum Gasteiger partial charge on any atom is 0.315 e. The van der Waals surface area contributed by atoms with E-state index >= 15 is 0 Å². The molecule has 0 bridgehead atoms. The largest absolute Gasteiger partial charge is 0.396 e. The van der Waals surface area contributed by atoms with Gasteiger partial charge >= 0.3 is 6.03 Å². The summed E-state index contributed by atoms with van der Waals surface area (Å²) in [7, 11) is 0. The lowest BCUT2D eigenvalue weighted by atomic mass is 10.1. The van der Waals surface area contributed by atoms with Gasteiger partial charge in [-0.3, -0.25) is 0 Å². The minimum Gasteiger partial charge on any atom is -0.396 e. The number of rotatable bonds is 7. The topological polar surface area (TPSA) is 61.4 Å². The molecule has 4 heteroatoms. The molecule has 0 saturated carbocycles. The van der Waals surface area contributed by atoms with Crippen LogP contribution in [0, 0.1) is 0 Å². The van der Waals surface area contributed by atoms with E-state index in [1.54, 1.807) is 0 Å². The highest BCUT2D eigenvalue weighted by atomic mass is 16.3. The van der Waals surface area contributed by atoms with Crippen LogP contribution in [0.3, 0.4) is 0 Å². The van der Waals surface area contributed by atoms with Gasteiger partial charge in [-0.2, -0.15) is 0 Å². The van der Waals surface area contributed by atoms with Crippen LogP contribution < -0.4 is 10.6 Å². The molecule has 0 aromatic heterocycles. The summed E-state index contributed by atoms with van der Waals surface area (Å²) in [4.78, 5) is 11.5. The molecule has 1 unspecified atom stereocenters. The molecule has 0 aromatic carbocycles. The van der Waals surface area contributed by atoms with Crippen LogP contribution in [0.4, 0.5) is 4.79 Å². The monoisotopic (exact) mass is 216 g/mol. The number of nitrogens with one attached hydrogen (secondary N) is 2. The van der Waals surface area contributed by atoms with Gasteiger partial charge in [-0.15, -0.1) is 0 Å². The van der Waals surface area contributed by atoms with Crippen molar-refractivity contribution in [1.82, 2.24) is 10.6 Å². The van der Waals surface area contributed by atoms with Crippen LogP contribution in [0.25, 0.3) is 0 Å². The third-order valence-electron chi connectivity index (χ3n) is 2.63. The van der Waals surface area contributed by atoms with Crippen LogP contribution in [-0.2, 0) is 0 Å². The SMILES string of the molecule is CCC(CC)NC(=O)NC(CC)CCO. The molecule has 0 aromatic rings. The molecule has 90 valence electrons. The predicted octanol–water partition coefficient (Wildman–Crippen LogP) is 1.64. The molecular weight excluding hydrogens is 192 g/mol. The van der Waals surface area contributed by atoms with Gasteiger partial charge in [0.1, 0.15) is 0 Å². The summed E-state index contributed by atoms with van der Waals surface area (Å²) in [5.41, 5.74) is 0. The van der Waals surface area contributed by atoms with Crippen molar-refractivity contribution in [2.75, 3.05) is 6.61 Å². The highest BCUT2D eigenvalue weighted by Crippen LogP contribution is 1.98. The van der Waals surface area contributed by atoms with Gasteiger partial charge in [0.05, 0.1) is 0 Å². The predicted molar refractivity (Wildman–Crippen MR) is 61.8 cm³/mol. The average molecular weight is 216 g/mol. The van der Waals surface area contributed by atoms with E-state index in [-0.39, 0.29) is 24.7 Å². The van der Waals surface area contributed by atoms with Crippen LogP contribution >= 0.6 is 0 Å². The lowest BCUT2D eigenvalue weighted by Gasteiger charge is -2.20. The van der Waals surface area contributed by atoms with Gasteiger partial charge in [-0.25, -0.2) is 4.79 Å². The van der Waals surface area contributed by atoms with Crippen LogP contribution in [0.5, 0.6) is 0 Å². The molecule has 2 amide bonds. The molecular formula is C11H24N2O2. The maximum absolute atomic E-state index is 11.5. The van der Waals surface area contributed by atoms with E-state index in [1.807, 2.05) is 6.92 Å². The lowest BCUT2D eigenvalue weighted by Crippen LogP contribution is -2.46. The normalized spacial score (nSPS) is 12.6. The molecule has 0 fully saturated rings. The van der Waals surface area contributed by atoms with Gasteiger partial charge in [0.2, 0.25) is 0 Å². The Hall–Kier alpha value is -0.770. The standard InChI is InChI=1S/C11H24N2O2/c1-4-9(5-2)12-11(15)13-10(6-3)7-8-14/h9-10,14H,4-8H2,1-3H3,(H2,12,13,15). The molecule has 0 rings (SSSR count). The molecule has 0 spiro atoms. The van der Waals surface area contributed by atoms with Crippen molar-refractivity contribution in [2.45, 2.75) is 58.5 Å². The van der Waals surface area contributed by atoms with Gasteiger partial charge in [0.15, 0.2) is 0 Å². The summed E-state index contributed by atoms with van der Waals surface area (Å²) in [6.07, 6.45) is 3.35. The van der Waals surface area contributed by atoms with E-state index in [0.29, 0.717) is 6.42 Å². The number of carbonyl (C=O) groups is 1. The molecule has 0 heterocycles. The van der Waals surface area contributed by atoms with E-state index in [2.05, 4.69) is 24.5 Å². The minimum absolute atomic E-state index is 0.0735. The minimum atomic E-state index is -0.121. The Morgan fingerprint density at radius 1 is 1.07 bits per heavy atom. The number of aliphatic hydroxyl groups excluding tert-OH is 1. The first-order chi connectivity index (χ1) is 7.17. The van der Waals surface area contributed by atoms with Crippen molar-refractivity contribution >= 4 is 6.03 Å². The van der Waals surface area contributed by atoms with E-state index in [4.69, 9.17) is 5.11 Å². The van der Waals surface area contributed by atoms with Gasteiger partial charge < -0.3 is 15.7 Å². The van der Waals surface area contributed by atoms with Gasteiger partial charge in [0.25, 0.3) is 0 Å². The maximum atomic E-state index is 11.5. The summed E-state index contributed by atoms with van der Waals surface area (Å²) in [5, 5.41) is 14.5. The Labute approximate surface area is 92.4 Å².